The minimum Gasteiger partial charge on any atom is -0.481 e. The molecule has 1 atom stereocenters. The first-order valence-corrected chi connectivity index (χ1v) is 5.76. The summed E-state index contributed by atoms with van der Waals surface area (Å²) in [7, 11) is 0. The first-order chi connectivity index (χ1) is 8.91. The van der Waals surface area contributed by atoms with Gasteiger partial charge in [-0.25, -0.2) is 0 Å². The number of nitrogens with two attached hydrogens (primary N) is 1. The van der Waals surface area contributed by atoms with E-state index >= 15 is 0 Å². The van der Waals surface area contributed by atoms with Crippen LogP contribution in [-0.2, 0) is 9.59 Å². The van der Waals surface area contributed by atoms with Gasteiger partial charge >= 0.3 is 11.9 Å². The Hall–Kier alpha value is -2.37. The second kappa shape index (κ2) is 6.53. The summed E-state index contributed by atoms with van der Waals surface area (Å²) in [6, 6.07) is 5.96. The lowest BCUT2D eigenvalue weighted by atomic mass is 9.92. The van der Waals surface area contributed by atoms with Crippen molar-refractivity contribution in [1.29, 1.82) is 0 Å². The van der Waals surface area contributed by atoms with Gasteiger partial charge in [0.2, 0.25) is 0 Å². The first kappa shape index (κ1) is 14.7. The number of rotatable bonds is 7. The highest BCUT2D eigenvalue weighted by Crippen LogP contribution is 2.17. The molecule has 4 N–H and O–H groups in total. The Bertz CT molecular complexity index is 480. The molecule has 19 heavy (non-hydrogen) atoms. The van der Waals surface area contributed by atoms with Crippen LogP contribution in [0.25, 0.3) is 0 Å². The predicted molar refractivity (Wildman–Crippen MR) is 67.8 cm³/mol. The molecule has 0 saturated carbocycles. The standard InChI is InChI=1S/C13H15NO5/c14-9-6-4-8(5-7-9)12(17)10(13(18)19)2-1-3-11(15)16/h4-7,10H,1-3,14H2,(H,15,16)(H,18,19). The molecular formula is C13H15NO5. The average Bonchev–Trinajstić information content (AvgIpc) is 2.34. The van der Waals surface area contributed by atoms with Gasteiger partial charge in [0.1, 0.15) is 5.92 Å². The molecule has 0 saturated heterocycles. The van der Waals surface area contributed by atoms with Crippen LogP contribution in [0.4, 0.5) is 5.69 Å². The molecule has 0 aliphatic rings. The van der Waals surface area contributed by atoms with Gasteiger partial charge in [0.15, 0.2) is 5.78 Å². The van der Waals surface area contributed by atoms with Crippen LogP contribution in [0, 0.1) is 5.92 Å². The van der Waals surface area contributed by atoms with Crippen molar-refractivity contribution in [3.05, 3.63) is 29.8 Å². The molecule has 6 heteroatoms. The van der Waals surface area contributed by atoms with Gasteiger partial charge in [0.25, 0.3) is 0 Å². The molecule has 0 bridgehead atoms. The van der Waals surface area contributed by atoms with E-state index < -0.39 is 23.6 Å². The third kappa shape index (κ3) is 4.42. The maximum Gasteiger partial charge on any atom is 0.314 e. The number of hydrogen-bond donors (Lipinski definition) is 3. The SMILES string of the molecule is Nc1ccc(C(=O)C(CCCC(=O)O)C(=O)O)cc1. The zero-order chi connectivity index (χ0) is 14.4. The van der Waals surface area contributed by atoms with Gasteiger partial charge in [-0.15, -0.1) is 0 Å². The second-order valence-corrected chi connectivity index (χ2v) is 4.16. The largest absolute Gasteiger partial charge is 0.481 e. The van der Waals surface area contributed by atoms with E-state index in [0.717, 1.165) is 0 Å². The van der Waals surface area contributed by atoms with Gasteiger partial charge in [-0.2, -0.15) is 0 Å². The number of hydrogen-bond acceptors (Lipinski definition) is 4. The summed E-state index contributed by atoms with van der Waals surface area (Å²) in [5.74, 6) is -4.00. The fourth-order valence-corrected chi connectivity index (χ4v) is 1.67. The number of Topliss-reactive ketones (excluding diaryl/α,β-unsaturated/α-hetero) is 1. The highest BCUT2D eigenvalue weighted by atomic mass is 16.4. The zero-order valence-electron chi connectivity index (χ0n) is 10.2. The summed E-state index contributed by atoms with van der Waals surface area (Å²) in [4.78, 5) is 33.4. The van der Waals surface area contributed by atoms with Crippen molar-refractivity contribution in [3.8, 4) is 0 Å². The molecule has 102 valence electrons. The smallest absolute Gasteiger partial charge is 0.314 e. The maximum absolute atomic E-state index is 12.0. The van der Waals surface area contributed by atoms with Crippen molar-refractivity contribution < 1.29 is 24.6 Å². The minimum atomic E-state index is -1.24. The summed E-state index contributed by atoms with van der Waals surface area (Å²) in [5, 5.41) is 17.5. The highest BCUT2D eigenvalue weighted by Gasteiger charge is 2.26. The zero-order valence-corrected chi connectivity index (χ0v) is 10.2. The van der Waals surface area contributed by atoms with E-state index in [0.29, 0.717) is 5.69 Å². The predicted octanol–water partition coefficient (Wildman–Crippen LogP) is 1.41. The number of carboxylic acids is 2. The molecule has 1 rings (SSSR count). The summed E-state index contributed by atoms with van der Waals surface area (Å²) in [6.45, 7) is 0. The van der Waals surface area contributed by atoms with Crippen molar-refractivity contribution in [2.24, 2.45) is 5.92 Å². The molecule has 0 heterocycles. The maximum atomic E-state index is 12.0. The Morgan fingerprint density at radius 3 is 2.16 bits per heavy atom. The fraction of sp³-hybridized carbons (Fsp3) is 0.308. The number of nitrogen functional groups attached to an aromatic ring is 1. The monoisotopic (exact) mass is 265 g/mol. The van der Waals surface area contributed by atoms with Gasteiger partial charge in [0.05, 0.1) is 0 Å². The van der Waals surface area contributed by atoms with Crippen LogP contribution in [-0.4, -0.2) is 27.9 Å². The molecule has 0 radical (unpaired) electrons. The van der Waals surface area contributed by atoms with Crippen LogP contribution >= 0.6 is 0 Å². The number of carboxylic acid groups (broad SMARTS) is 2. The second-order valence-electron chi connectivity index (χ2n) is 4.16. The normalized spacial score (nSPS) is 11.8. The molecule has 6 nitrogen and oxygen atoms in total. The van der Waals surface area contributed by atoms with Gasteiger partial charge in [-0.05, 0) is 37.1 Å². The highest BCUT2D eigenvalue weighted by molar-refractivity contribution is 6.08. The van der Waals surface area contributed by atoms with E-state index in [9.17, 15) is 14.4 Å². The summed E-state index contributed by atoms with van der Waals surface area (Å²) < 4.78 is 0. The minimum absolute atomic E-state index is 0.00480. The third-order valence-corrected chi connectivity index (χ3v) is 2.69. The van der Waals surface area contributed by atoms with Crippen LogP contribution in [0.2, 0.25) is 0 Å². The molecule has 0 aliphatic carbocycles. The molecule has 0 fully saturated rings. The van der Waals surface area contributed by atoms with Crippen molar-refractivity contribution in [1.82, 2.24) is 0 Å². The van der Waals surface area contributed by atoms with Crippen LogP contribution in [0.3, 0.4) is 0 Å². The van der Waals surface area contributed by atoms with Crippen LogP contribution in [0.15, 0.2) is 24.3 Å². The lowest BCUT2D eigenvalue weighted by Crippen LogP contribution is -2.24. The Morgan fingerprint density at radius 2 is 1.68 bits per heavy atom. The lowest BCUT2D eigenvalue weighted by molar-refractivity contribution is -0.141. The quantitative estimate of drug-likeness (QED) is 0.389. The Morgan fingerprint density at radius 1 is 1.11 bits per heavy atom. The summed E-state index contributed by atoms with van der Waals surface area (Å²) in [5.41, 5.74) is 6.23. The fourth-order valence-electron chi connectivity index (χ4n) is 1.67. The molecule has 0 aromatic heterocycles. The molecular weight excluding hydrogens is 250 g/mol. The van der Waals surface area contributed by atoms with E-state index in [1.165, 1.54) is 24.3 Å². The lowest BCUT2D eigenvalue weighted by Gasteiger charge is -2.10. The van der Waals surface area contributed by atoms with Crippen molar-refractivity contribution in [3.63, 3.8) is 0 Å². The summed E-state index contributed by atoms with van der Waals surface area (Å²) >= 11 is 0. The Labute approximate surface area is 109 Å². The number of ketones is 1. The van der Waals surface area contributed by atoms with E-state index in [2.05, 4.69) is 0 Å². The van der Waals surface area contributed by atoms with Crippen molar-refractivity contribution >= 4 is 23.4 Å². The summed E-state index contributed by atoms with van der Waals surface area (Å²) in [6.07, 6.45) is -0.00332. The molecule has 1 aromatic carbocycles. The van der Waals surface area contributed by atoms with E-state index in [1.807, 2.05) is 0 Å². The van der Waals surface area contributed by atoms with Crippen LogP contribution in [0.5, 0.6) is 0 Å². The molecule has 0 aliphatic heterocycles. The van der Waals surface area contributed by atoms with Crippen LogP contribution in [0.1, 0.15) is 29.6 Å². The topological polar surface area (TPSA) is 118 Å². The van der Waals surface area contributed by atoms with Gasteiger partial charge in [-0.3, -0.25) is 14.4 Å². The van der Waals surface area contributed by atoms with E-state index in [1.54, 1.807) is 0 Å². The Kier molecular flexibility index (Phi) is 5.05. The molecule has 1 unspecified atom stereocenters. The number of carbonyl (C=O) groups excluding carboxylic acids is 1. The van der Waals surface area contributed by atoms with Gasteiger partial charge in [-0.1, -0.05) is 0 Å². The van der Waals surface area contributed by atoms with Gasteiger partial charge < -0.3 is 15.9 Å². The van der Waals surface area contributed by atoms with Gasteiger partial charge in [0, 0.05) is 17.7 Å². The van der Waals surface area contributed by atoms with Crippen LogP contribution < -0.4 is 5.73 Å². The molecule has 0 amide bonds. The van der Waals surface area contributed by atoms with E-state index in [-0.39, 0.29) is 24.8 Å². The third-order valence-electron chi connectivity index (χ3n) is 2.69. The van der Waals surface area contributed by atoms with Crippen molar-refractivity contribution in [2.45, 2.75) is 19.3 Å². The number of anilines is 1. The Balaban J connectivity index is 2.75. The molecule has 0 spiro atoms. The molecule has 1 aromatic rings. The average molecular weight is 265 g/mol. The number of carbonyl (C=O) groups is 3. The number of benzene rings is 1. The number of aliphatic carboxylic acids is 2. The van der Waals surface area contributed by atoms with Crippen molar-refractivity contribution in [2.75, 3.05) is 5.73 Å². The first-order valence-electron chi connectivity index (χ1n) is 5.76. The van der Waals surface area contributed by atoms with E-state index in [4.69, 9.17) is 15.9 Å².